The first kappa shape index (κ1) is 19.2. The van der Waals surface area contributed by atoms with Crippen molar-refractivity contribution in [1.82, 2.24) is 14.5 Å². The van der Waals surface area contributed by atoms with Gasteiger partial charge in [-0.05, 0) is 61.2 Å². The van der Waals surface area contributed by atoms with Crippen LogP contribution in [0.5, 0.6) is 0 Å². The zero-order chi connectivity index (χ0) is 20.2. The fraction of sp³-hybridized carbons (Fsp3) is 0.174. The molecule has 2 heterocycles. The standard InChI is InChI=1S/C23H22N4OS/c1-3-14-27-21(26-20-8-5-13-24-22(20)27)16-6-4-7-17(15-16)23(28)25-18-9-11-19(29-2)12-10-18/h4-13,15H,3,14H2,1-2H3,(H,25,28). The minimum absolute atomic E-state index is 0.139. The van der Waals surface area contributed by atoms with Gasteiger partial charge in [0.1, 0.15) is 11.3 Å². The van der Waals surface area contributed by atoms with Gasteiger partial charge in [-0.1, -0.05) is 19.1 Å². The van der Waals surface area contributed by atoms with E-state index in [1.54, 1.807) is 18.0 Å². The number of hydrogen-bond acceptors (Lipinski definition) is 4. The van der Waals surface area contributed by atoms with Gasteiger partial charge in [0.25, 0.3) is 5.91 Å². The second-order valence-corrected chi connectivity index (χ2v) is 7.58. The smallest absolute Gasteiger partial charge is 0.255 e. The van der Waals surface area contributed by atoms with Crippen molar-refractivity contribution in [1.29, 1.82) is 0 Å². The maximum atomic E-state index is 12.8. The van der Waals surface area contributed by atoms with Crippen molar-refractivity contribution in [3.63, 3.8) is 0 Å². The normalized spacial score (nSPS) is 11.0. The minimum atomic E-state index is -0.139. The van der Waals surface area contributed by atoms with Crippen molar-refractivity contribution in [2.45, 2.75) is 24.8 Å². The van der Waals surface area contributed by atoms with Crippen molar-refractivity contribution in [2.75, 3.05) is 11.6 Å². The fourth-order valence-corrected chi connectivity index (χ4v) is 3.70. The van der Waals surface area contributed by atoms with E-state index in [0.29, 0.717) is 5.56 Å². The average Bonchev–Trinajstić information content (AvgIpc) is 3.13. The summed E-state index contributed by atoms with van der Waals surface area (Å²) in [6.45, 7) is 2.95. The molecule has 0 saturated carbocycles. The molecule has 0 fully saturated rings. The molecule has 0 saturated heterocycles. The van der Waals surface area contributed by atoms with Gasteiger partial charge in [0, 0.05) is 34.5 Å². The number of amides is 1. The van der Waals surface area contributed by atoms with Gasteiger partial charge >= 0.3 is 0 Å². The van der Waals surface area contributed by atoms with E-state index in [4.69, 9.17) is 4.98 Å². The van der Waals surface area contributed by atoms with E-state index in [0.717, 1.165) is 46.1 Å². The lowest BCUT2D eigenvalue weighted by Crippen LogP contribution is -2.12. The maximum Gasteiger partial charge on any atom is 0.255 e. The van der Waals surface area contributed by atoms with E-state index < -0.39 is 0 Å². The van der Waals surface area contributed by atoms with E-state index in [1.807, 2.05) is 66.9 Å². The van der Waals surface area contributed by atoms with Gasteiger partial charge in [0.2, 0.25) is 0 Å². The first-order valence-electron chi connectivity index (χ1n) is 9.56. The van der Waals surface area contributed by atoms with Crippen molar-refractivity contribution in [2.24, 2.45) is 0 Å². The van der Waals surface area contributed by atoms with Crippen molar-refractivity contribution < 1.29 is 4.79 Å². The molecular formula is C23H22N4OS. The van der Waals surface area contributed by atoms with Crippen LogP contribution in [0, 0.1) is 0 Å². The molecule has 0 unspecified atom stereocenters. The molecule has 5 nitrogen and oxygen atoms in total. The van der Waals surface area contributed by atoms with Gasteiger partial charge in [0.05, 0.1) is 0 Å². The molecule has 0 aliphatic rings. The van der Waals surface area contributed by atoms with Crippen LogP contribution >= 0.6 is 11.8 Å². The summed E-state index contributed by atoms with van der Waals surface area (Å²) >= 11 is 1.67. The highest BCUT2D eigenvalue weighted by molar-refractivity contribution is 7.98. The molecule has 0 spiro atoms. The highest BCUT2D eigenvalue weighted by atomic mass is 32.2. The average molecular weight is 403 g/mol. The van der Waals surface area contributed by atoms with E-state index in [2.05, 4.69) is 21.8 Å². The summed E-state index contributed by atoms with van der Waals surface area (Å²) in [5.41, 5.74) is 4.01. The number of pyridine rings is 1. The highest BCUT2D eigenvalue weighted by Gasteiger charge is 2.15. The van der Waals surface area contributed by atoms with E-state index in [9.17, 15) is 4.79 Å². The van der Waals surface area contributed by atoms with Gasteiger partial charge < -0.3 is 9.88 Å². The van der Waals surface area contributed by atoms with Crippen LogP contribution in [0.2, 0.25) is 0 Å². The van der Waals surface area contributed by atoms with Crippen LogP contribution < -0.4 is 5.32 Å². The van der Waals surface area contributed by atoms with Crippen LogP contribution in [-0.4, -0.2) is 26.7 Å². The Balaban J connectivity index is 1.65. The molecule has 0 atom stereocenters. The van der Waals surface area contributed by atoms with Crippen LogP contribution in [0.1, 0.15) is 23.7 Å². The first-order valence-corrected chi connectivity index (χ1v) is 10.8. The van der Waals surface area contributed by atoms with E-state index in [-0.39, 0.29) is 5.91 Å². The van der Waals surface area contributed by atoms with E-state index >= 15 is 0 Å². The monoisotopic (exact) mass is 402 g/mol. The number of hydrogen-bond donors (Lipinski definition) is 1. The van der Waals surface area contributed by atoms with E-state index in [1.165, 1.54) is 0 Å². The number of anilines is 1. The van der Waals surface area contributed by atoms with Crippen LogP contribution in [0.25, 0.3) is 22.6 Å². The molecular weight excluding hydrogens is 380 g/mol. The van der Waals surface area contributed by atoms with Crippen molar-refractivity contribution >= 4 is 34.5 Å². The fourth-order valence-electron chi connectivity index (χ4n) is 3.29. The summed E-state index contributed by atoms with van der Waals surface area (Å²) in [5.74, 6) is 0.694. The quantitative estimate of drug-likeness (QED) is 0.434. The molecule has 0 aliphatic heterocycles. The number of fused-ring (bicyclic) bond motifs is 1. The van der Waals surface area contributed by atoms with Crippen LogP contribution in [0.4, 0.5) is 5.69 Å². The number of carbonyl (C=O) groups excluding carboxylic acids is 1. The molecule has 29 heavy (non-hydrogen) atoms. The molecule has 146 valence electrons. The third kappa shape index (κ3) is 4.03. The SMILES string of the molecule is CCCn1c(-c2cccc(C(=O)Nc3ccc(SC)cc3)c2)nc2cccnc21. The Bertz CT molecular complexity index is 1150. The molecule has 4 rings (SSSR count). The minimum Gasteiger partial charge on any atom is -0.322 e. The molecule has 0 radical (unpaired) electrons. The number of thioether (sulfide) groups is 1. The molecule has 2 aromatic heterocycles. The Labute approximate surface area is 174 Å². The maximum absolute atomic E-state index is 12.8. The number of aryl methyl sites for hydroxylation is 1. The number of aromatic nitrogens is 3. The largest absolute Gasteiger partial charge is 0.322 e. The Morgan fingerprint density at radius 1 is 1.10 bits per heavy atom. The summed E-state index contributed by atoms with van der Waals surface area (Å²) < 4.78 is 2.12. The number of nitrogens with zero attached hydrogens (tertiary/aromatic N) is 3. The predicted octanol–water partition coefficient (Wildman–Crippen LogP) is 5.48. The number of benzene rings is 2. The third-order valence-corrected chi connectivity index (χ3v) is 5.43. The van der Waals surface area contributed by atoms with Crippen LogP contribution in [0.3, 0.4) is 0 Å². The topological polar surface area (TPSA) is 59.8 Å². The van der Waals surface area contributed by atoms with Gasteiger partial charge in [-0.25, -0.2) is 9.97 Å². The number of carbonyl (C=O) groups is 1. The molecule has 0 aliphatic carbocycles. The summed E-state index contributed by atoms with van der Waals surface area (Å²) in [6.07, 6.45) is 4.79. The van der Waals surface area contributed by atoms with Crippen molar-refractivity contribution in [3.8, 4) is 11.4 Å². The van der Waals surface area contributed by atoms with Crippen LogP contribution in [0.15, 0.2) is 71.8 Å². The molecule has 1 N–H and O–H groups in total. The number of nitrogens with one attached hydrogen (secondary N) is 1. The Hall–Kier alpha value is -3.12. The molecule has 0 bridgehead atoms. The Morgan fingerprint density at radius 2 is 1.93 bits per heavy atom. The van der Waals surface area contributed by atoms with Gasteiger partial charge in [-0.15, -0.1) is 11.8 Å². The number of imidazole rings is 1. The van der Waals surface area contributed by atoms with Crippen LogP contribution in [-0.2, 0) is 6.54 Å². The summed E-state index contributed by atoms with van der Waals surface area (Å²) in [7, 11) is 0. The second kappa shape index (κ2) is 8.49. The van der Waals surface area contributed by atoms with Crippen molar-refractivity contribution in [3.05, 3.63) is 72.4 Å². The molecule has 6 heteroatoms. The number of rotatable bonds is 6. The lowest BCUT2D eigenvalue weighted by molar-refractivity contribution is 0.102. The lowest BCUT2D eigenvalue weighted by Gasteiger charge is -2.09. The summed E-state index contributed by atoms with van der Waals surface area (Å²) in [5, 5.41) is 2.97. The summed E-state index contributed by atoms with van der Waals surface area (Å²) in [4.78, 5) is 23.2. The van der Waals surface area contributed by atoms with Gasteiger partial charge in [-0.3, -0.25) is 4.79 Å². The summed E-state index contributed by atoms with van der Waals surface area (Å²) in [6, 6.07) is 19.3. The Kier molecular flexibility index (Phi) is 5.62. The Morgan fingerprint density at radius 3 is 2.69 bits per heavy atom. The van der Waals surface area contributed by atoms with Gasteiger partial charge in [-0.2, -0.15) is 0 Å². The molecule has 2 aromatic carbocycles. The third-order valence-electron chi connectivity index (χ3n) is 4.68. The molecule has 1 amide bonds. The molecule has 4 aromatic rings. The highest BCUT2D eigenvalue weighted by Crippen LogP contribution is 2.25. The first-order chi connectivity index (χ1) is 14.2. The second-order valence-electron chi connectivity index (χ2n) is 6.70. The zero-order valence-corrected chi connectivity index (χ0v) is 17.2. The lowest BCUT2D eigenvalue weighted by atomic mass is 10.1. The van der Waals surface area contributed by atoms with Gasteiger partial charge in [0.15, 0.2) is 5.65 Å². The zero-order valence-electron chi connectivity index (χ0n) is 16.4. The predicted molar refractivity (Wildman–Crippen MR) is 119 cm³/mol.